The Kier molecular flexibility index (Phi) is 9.65. The molecule has 5 heteroatoms. The van der Waals surface area contributed by atoms with Gasteiger partial charge in [-0.1, -0.05) is 32.8 Å². The van der Waals surface area contributed by atoms with Crippen LogP contribution in [0.1, 0.15) is 65.2 Å². The smallest absolute Gasteiger partial charge is 0.305 e. The fraction of sp³-hybridized carbons (Fsp3) is 0.750. The molecule has 1 unspecified atom stereocenters. The maximum absolute atomic E-state index is 12.2. The lowest BCUT2D eigenvalue weighted by Crippen LogP contribution is -2.20. The number of ether oxygens (including phenoxy) is 1. The highest BCUT2D eigenvalue weighted by molar-refractivity contribution is 5.90. The highest BCUT2D eigenvalue weighted by Gasteiger charge is 2.39. The van der Waals surface area contributed by atoms with E-state index >= 15 is 0 Å². The van der Waals surface area contributed by atoms with Gasteiger partial charge >= 0.3 is 5.97 Å². The number of carbonyl (C=O) groups excluding carboxylic acids is 3. The van der Waals surface area contributed by atoms with E-state index in [1.54, 1.807) is 6.08 Å². The molecular weight excluding hydrogens is 320 g/mol. The molecule has 0 bridgehead atoms. The lowest BCUT2D eigenvalue weighted by atomic mass is 9.86. The van der Waals surface area contributed by atoms with Crippen LogP contribution in [0.3, 0.4) is 0 Å². The van der Waals surface area contributed by atoms with Crippen molar-refractivity contribution >= 4 is 17.5 Å². The molecule has 0 radical (unpaired) electrons. The van der Waals surface area contributed by atoms with Gasteiger partial charge in [0.15, 0.2) is 5.78 Å². The Balaban J connectivity index is 2.56. The van der Waals surface area contributed by atoms with Gasteiger partial charge in [0, 0.05) is 31.1 Å². The minimum Gasteiger partial charge on any atom is -0.469 e. The molecule has 0 aromatic rings. The fourth-order valence-corrected chi connectivity index (χ4v) is 3.38. The number of rotatable bonds is 11. The van der Waals surface area contributed by atoms with Gasteiger partial charge in [0.05, 0.1) is 13.2 Å². The monoisotopic (exact) mass is 352 g/mol. The second-order valence-corrected chi connectivity index (χ2v) is 7.17. The molecule has 0 spiro atoms. The second kappa shape index (κ2) is 11.2. The number of ketones is 2. The molecule has 25 heavy (non-hydrogen) atoms. The van der Waals surface area contributed by atoms with Crippen molar-refractivity contribution in [2.24, 2.45) is 17.8 Å². The molecule has 1 N–H and O–H groups in total. The van der Waals surface area contributed by atoms with Gasteiger partial charge in [0.25, 0.3) is 0 Å². The third kappa shape index (κ3) is 7.51. The van der Waals surface area contributed by atoms with E-state index in [1.807, 2.05) is 6.92 Å². The first-order valence-electron chi connectivity index (χ1n) is 9.37. The van der Waals surface area contributed by atoms with E-state index in [-0.39, 0.29) is 41.7 Å². The summed E-state index contributed by atoms with van der Waals surface area (Å²) in [6.45, 7) is 4.04. The Bertz CT molecular complexity index is 482. The van der Waals surface area contributed by atoms with E-state index in [4.69, 9.17) is 0 Å². The van der Waals surface area contributed by atoms with Crippen molar-refractivity contribution in [3.63, 3.8) is 0 Å². The highest BCUT2D eigenvalue weighted by atomic mass is 16.5. The summed E-state index contributed by atoms with van der Waals surface area (Å²) in [5, 5.41) is 10.1. The zero-order valence-corrected chi connectivity index (χ0v) is 15.7. The number of aliphatic hydroxyl groups is 1. The molecule has 1 aliphatic carbocycles. The summed E-state index contributed by atoms with van der Waals surface area (Å²) in [6, 6.07) is 0. The summed E-state index contributed by atoms with van der Waals surface area (Å²) < 4.78 is 4.66. The van der Waals surface area contributed by atoms with Gasteiger partial charge in [-0.25, -0.2) is 0 Å². The summed E-state index contributed by atoms with van der Waals surface area (Å²) in [6.07, 6.45) is 7.84. The van der Waals surface area contributed by atoms with Gasteiger partial charge in [-0.15, -0.1) is 0 Å². The predicted molar refractivity (Wildman–Crippen MR) is 95.9 cm³/mol. The largest absolute Gasteiger partial charge is 0.469 e. The van der Waals surface area contributed by atoms with Crippen molar-refractivity contribution in [2.75, 3.05) is 7.11 Å². The molecule has 0 amide bonds. The number of aliphatic hydroxyl groups excluding tert-OH is 1. The van der Waals surface area contributed by atoms with Gasteiger partial charge in [-0.3, -0.25) is 14.4 Å². The van der Waals surface area contributed by atoms with Crippen LogP contribution in [0.2, 0.25) is 0 Å². The van der Waals surface area contributed by atoms with Gasteiger partial charge in [-0.05, 0) is 31.3 Å². The minimum atomic E-state index is -0.715. The second-order valence-electron chi connectivity index (χ2n) is 7.17. The van der Waals surface area contributed by atoms with Crippen molar-refractivity contribution in [1.82, 2.24) is 0 Å². The van der Waals surface area contributed by atoms with Crippen LogP contribution in [0, 0.1) is 17.8 Å². The normalized spacial score (nSPS) is 24.6. The van der Waals surface area contributed by atoms with Crippen LogP contribution in [0.4, 0.5) is 0 Å². The molecule has 142 valence electrons. The molecule has 0 heterocycles. The fourth-order valence-electron chi connectivity index (χ4n) is 3.38. The Morgan fingerprint density at radius 2 is 2.08 bits per heavy atom. The van der Waals surface area contributed by atoms with E-state index in [0.29, 0.717) is 25.7 Å². The Morgan fingerprint density at radius 3 is 2.72 bits per heavy atom. The third-order valence-corrected chi connectivity index (χ3v) is 4.98. The number of allylic oxidation sites excluding steroid dienone is 1. The summed E-state index contributed by atoms with van der Waals surface area (Å²) in [5.74, 6) is -0.593. The minimum absolute atomic E-state index is 0.0471. The lowest BCUT2D eigenvalue weighted by Gasteiger charge is -2.19. The maximum atomic E-state index is 12.2. The average Bonchev–Trinajstić information content (AvgIpc) is 2.84. The Morgan fingerprint density at radius 1 is 1.36 bits per heavy atom. The molecule has 1 fully saturated rings. The molecule has 1 saturated carbocycles. The number of methoxy groups -OCH3 is 1. The zero-order valence-electron chi connectivity index (χ0n) is 15.7. The molecule has 1 aliphatic rings. The van der Waals surface area contributed by atoms with Crippen LogP contribution in [-0.4, -0.2) is 35.9 Å². The predicted octanol–water partition coefficient (Wildman–Crippen LogP) is 3.24. The summed E-state index contributed by atoms with van der Waals surface area (Å²) in [4.78, 5) is 35.4. The molecule has 1 rings (SSSR count). The first-order valence-corrected chi connectivity index (χ1v) is 9.37. The SMILES string of the molecule is CCCCCC(=O)C=C[C@H]1[C@H](O)CC(=O)[C@H]1CCC(C)CC(=O)OC. The van der Waals surface area contributed by atoms with Crippen LogP contribution < -0.4 is 0 Å². The molecule has 0 aromatic heterocycles. The number of carbonyl (C=O) groups is 3. The quantitative estimate of drug-likeness (QED) is 0.351. The number of unbranched alkanes of at least 4 members (excludes halogenated alkanes) is 2. The van der Waals surface area contributed by atoms with E-state index in [1.165, 1.54) is 13.2 Å². The highest BCUT2D eigenvalue weighted by Crippen LogP contribution is 2.35. The van der Waals surface area contributed by atoms with Crippen LogP contribution in [-0.2, 0) is 19.1 Å². The van der Waals surface area contributed by atoms with Gasteiger partial charge in [-0.2, -0.15) is 0 Å². The molecule has 0 aromatic carbocycles. The zero-order chi connectivity index (χ0) is 18.8. The van der Waals surface area contributed by atoms with Crippen molar-refractivity contribution in [2.45, 2.75) is 71.3 Å². The third-order valence-electron chi connectivity index (χ3n) is 4.98. The summed E-state index contributed by atoms with van der Waals surface area (Å²) in [5.41, 5.74) is 0. The summed E-state index contributed by atoms with van der Waals surface area (Å²) in [7, 11) is 1.37. The van der Waals surface area contributed by atoms with E-state index in [9.17, 15) is 19.5 Å². The molecule has 4 atom stereocenters. The number of esters is 1. The molecule has 0 saturated heterocycles. The van der Waals surface area contributed by atoms with Gasteiger partial charge in [0.2, 0.25) is 0 Å². The van der Waals surface area contributed by atoms with Gasteiger partial charge in [0.1, 0.15) is 5.78 Å². The van der Waals surface area contributed by atoms with Crippen molar-refractivity contribution in [3.8, 4) is 0 Å². The first-order chi connectivity index (χ1) is 11.9. The Labute approximate surface area is 150 Å². The van der Waals surface area contributed by atoms with Crippen LogP contribution >= 0.6 is 0 Å². The number of hydrogen-bond acceptors (Lipinski definition) is 5. The molecule has 5 nitrogen and oxygen atoms in total. The molecular formula is C20H32O5. The number of hydrogen-bond donors (Lipinski definition) is 1. The standard InChI is InChI=1S/C20H32O5/c1-4-5-6-7-15(21)9-11-17-16(18(22)13-19(17)23)10-8-14(2)12-20(24)25-3/h9,11,14,16-17,19,23H,4-8,10,12-13H2,1-3H3/t14?,16-,17+,19+/m0/s1. The van der Waals surface area contributed by atoms with Crippen LogP contribution in [0.5, 0.6) is 0 Å². The summed E-state index contributed by atoms with van der Waals surface area (Å²) >= 11 is 0. The average molecular weight is 352 g/mol. The van der Waals surface area contributed by atoms with Crippen molar-refractivity contribution in [1.29, 1.82) is 0 Å². The van der Waals surface area contributed by atoms with Crippen molar-refractivity contribution < 1.29 is 24.2 Å². The molecule has 0 aliphatic heterocycles. The lowest BCUT2D eigenvalue weighted by molar-refractivity contribution is -0.141. The number of Topliss-reactive ketones (excluding diaryl/α,β-unsaturated/α-hetero) is 1. The Hall–Kier alpha value is -1.49. The van der Waals surface area contributed by atoms with E-state index in [0.717, 1.165) is 19.3 Å². The maximum Gasteiger partial charge on any atom is 0.305 e. The van der Waals surface area contributed by atoms with E-state index in [2.05, 4.69) is 11.7 Å². The topological polar surface area (TPSA) is 80.7 Å². The van der Waals surface area contributed by atoms with Crippen molar-refractivity contribution in [3.05, 3.63) is 12.2 Å². The first kappa shape index (κ1) is 21.6. The van der Waals surface area contributed by atoms with Crippen LogP contribution in [0.15, 0.2) is 12.2 Å². The van der Waals surface area contributed by atoms with Crippen LogP contribution in [0.25, 0.3) is 0 Å². The van der Waals surface area contributed by atoms with Gasteiger partial charge < -0.3 is 9.84 Å². The van der Waals surface area contributed by atoms with E-state index < -0.39 is 6.10 Å².